The van der Waals surface area contributed by atoms with Crippen LogP contribution in [0.15, 0.2) is 12.1 Å². The Kier molecular flexibility index (Phi) is 5.25. The van der Waals surface area contributed by atoms with Crippen molar-refractivity contribution in [2.45, 2.75) is 32.2 Å². The molecule has 0 atom stereocenters. The Morgan fingerprint density at radius 2 is 2.11 bits per heavy atom. The predicted octanol–water partition coefficient (Wildman–Crippen LogP) is 3.13. The molecule has 0 unspecified atom stereocenters. The van der Waals surface area contributed by atoms with Gasteiger partial charge in [0.05, 0.1) is 10.9 Å². The van der Waals surface area contributed by atoms with Gasteiger partial charge in [0.2, 0.25) is 5.91 Å². The van der Waals surface area contributed by atoms with Crippen LogP contribution in [0.25, 0.3) is 0 Å². The Bertz CT molecular complexity index is 427. The van der Waals surface area contributed by atoms with Crippen molar-refractivity contribution in [1.29, 1.82) is 0 Å². The fourth-order valence-corrected chi connectivity index (χ4v) is 3.85. The highest BCUT2D eigenvalue weighted by Gasteiger charge is 2.27. The summed E-state index contributed by atoms with van der Waals surface area (Å²) in [5.74, 6) is 1.06. The van der Waals surface area contributed by atoms with Crippen LogP contribution < -0.4 is 5.73 Å². The smallest absolute Gasteiger partial charge is 0.225 e. The predicted molar refractivity (Wildman–Crippen MR) is 80.3 cm³/mol. The van der Waals surface area contributed by atoms with E-state index >= 15 is 0 Å². The fourth-order valence-electron chi connectivity index (χ4n) is 2.71. The van der Waals surface area contributed by atoms with Gasteiger partial charge in [-0.25, -0.2) is 0 Å². The number of hydrogen-bond acceptors (Lipinski definition) is 3. The minimum absolute atomic E-state index is 0.184. The molecule has 1 amide bonds. The average Bonchev–Trinajstić information content (AvgIpc) is 2.83. The lowest BCUT2D eigenvalue weighted by atomic mass is 9.81. The lowest BCUT2D eigenvalue weighted by Crippen LogP contribution is -2.35. The highest BCUT2D eigenvalue weighted by Crippen LogP contribution is 2.30. The summed E-state index contributed by atoms with van der Waals surface area (Å²) in [5.41, 5.74) is 5.68. The summed E-state index contributed by atoms with van der Waals surface area (Å²) >= 11 is 7.45. The van der Waals surface area contributed by atoms with E-state index in [0.717, 1.165) is 41.4 Å². The van der Waals surface area contributed by atoms with Crippen molar-refractivity contribution < 1.29 is 4.79 Å². The molecule has 1 aromatic heterocycles. The number of rotatable bonds is 4. The summed E-state index contributed by atoms with van der Waals surface area (Å²) in [6, 6.07) is 3.87. The summed E-state index contributed by atoms with van der Waals surface area (Å²) in [6.45, 7) is 1.41. The Morgan fingerprint density at radius 1 is 1.42 bits per heavy atom. The maximum absolute atomic E-state index is 12.4. The molecule has 0 bridgehead atoms. The first-order valence-electron chi connectivity index (χ1n) is 6.79. The zero-order valence-corrected chi connectivity index (χ0v) is 12.8. The lowest BCUT2D eigenvalue weighted by Gasteiger charge is -2.29. The number of amides is 1. The van der Waals surface area contributed by atoms with E-state index in [2.05, 4.69) is 0 Å². The summed E-state index contributed by atoms with van der Waals surface area (Å²) in [5, 5.41) is 0. The molecule has 0 radical (unpaired) electrons. The molecule has 2 N–H and O–H groups in total. The van der Waals surface area contributed by atoms with E-state index in [0.29, 0.717) is 12.5 Å². The molecule has 0 spiro atoms. The Labute approximate surface area is 123 Å². The SMILES string of the molecule is CN(Cc1ccc(Cl)s1)C(=O)C1CCC(CN)CC1. The van der Waals surface area contributed by atoms with Gasteiger partial charge in [-0.05, 0) is 50.3 Å². The molecule has 0 aliphatic heterocycles. The largest absolute Gasteiger partial charge is 0.340 e. The van der Waals surface area contributed by atoms with Crippen LogP contribution in [0.5, 0.6) is 0 Å². The molecule has 1 aromatic rings. The number of carbonyl (C=O) groups excluding carboxylic acids is 1. The van der Waals surface area contributed by atoms with Crippen molar-refractivity contribution in [3.8, 4) is 0 Å². The topological polar surface area (TPSA) is 46.3 Å². The summed E-state index contributed by atoms with van der Waals surface area (Å²) in [7, 11) is 1.88. The van der Waals surface area contributed by atoms with E-state index in [1.807, 2.05) is 24.1 Å². The van der Waals surface area contributed by atoms with Gasteiger partial charge in [0.25, 0.3) is 0 Å². The summed E-state index contributed by atoms with van der Waals surface area (Å²) < 4.78 is 0.777. The van der Waals surface area contributed by atoms with E-state index in [1.165, 1.54) is 11.3 Å². The number of halogens is 1. The Morgan fingerprint density at radius 3 is 2.63 bits per heavy atom. The van der Waals surface area contributed by atoms with Crippen molar-refractivity contribution in [2.75, 3.05) is 13.6 Å². The van der Waals surface area contributed by atoms with Crippen molar-refractivity contribution in [2.24, 2.45) is 17.6 Å². The fraction of sp³-hybridized carbons (Fsp3) is 0.643. The van der Waals surface area contributed by atoms with Gasteiger partial charge < -0.3 is 10.6 Å². The van der Waals surface area contributed by atoms with Crippen LogP contribution in [0.1, 0.15) is 30.6 Å². The molecule has 1 heterocycles. The van der Waals surface area contributed by atoms with E-state index in [1.54, 1.807) is 0 Å². The molecule has 0 saturated heterocycles. The second kappa shape index (κ2) is 6.73. The molecule has 106 valence electrons. The molecule has 0 aromatic carbocycles. The maximum atomic E-state index is 12.4. The number of nitrogens with two attached hydrogens (primary N) is 1. The zero-order valence-electron chi connectivity index (χ0n) is 11.3. The molecular formula is C14H21ClN2OS. The van der Waals surface area contributed by atoms with E-state index in [-0.39, 0.29) is 11.8 Å². The Hall–Kier alpha value is -0.580. The van der Waals surface area contributed by atoms with Crippen LogP contribution in [0.4, 0.5) is 0 Å². The normalized spacial score (nSPS) is 23.3. The van der Waals surface area contributed by atoms with Gasteiger partial charge in [-0.3, -0.25) is 4.79 Å². The third kappa shape index (κ3) is 3.94. The molecule has 3 nitrogen and oxygen atoms in total. The first-order chi connectivity index (χ1) is 9.10. The quantitative estimate of drug-likeness (QED) is 0.928. The van der Waals surface area contributed by atoms with Crippen LogP contribution in [0, 0.1) is 11.8 Å². The van der Waals surface area contributed by atoms with Gasteiger partial charge in [0, 0.05) is 17.8 Å². The number of carbonyl (C=O) groups is 1. The van der Waals surface area contributed by atoms with Gasteiger partial charge in [-0.1, -0.05) is 11.6 Å². The van der Waals surface area contributed by atoms with Crippen LogP contribution in [0.3, 0.4) is 0 Å². The van der Waals surface area contributed by atoms with Crippen molar-refractivity contribution in [3.63, 3.8) is 0 Å². The number of nitrogens with zero attached hydrogens (tertiary/aromatic N) is 1. The van der Waals surface area contributed by atoms with Crippen LogP contribution in [-0.4, -0.2) is 24.4 Å². The monoisotopic (exact) mass is 300 g/mol. The van der Waals surface area contributed by atoms with Crippen LogP contribution >= 0.6 is 22.9 Å². The molecule has 1 fully saturated rings. The van der Waals surface area contributed by atoms with Crippen molar-refractivity contribution >= 4 is 28.8 Å². The third-order valence-corrected chi connectivity index (χ3v) is 5.14. The Balaban J connectivity index is 1.85. The highest BCUT2D eigenvalue weighted by atomic mass is 35.5. The minimum Gasteiger partial charge on any atom is -0.340 e. The van der Waals surface area contributed by atoms with Gasteiger partial charge in [0.15, 0.2) is 0 Å². The molecule has 5 heteroatoms. The minimum atomic E-state index is 0.184. The number of hydrogen-bond donors (Lipinski definition) is 1. The maximum Gasteiger partial charge on any atom is 0.225 e. The van der Waals surface area contributed by atoms with Crippen LogP contribution in [-0.2, 0) is 11.3 Å². The number of thiophene rings is 1. The van der Waals surface area contributed by atoms with Gasteiger partial charge in [-0.15, -0.1) is 11.3 Å². The molecule has 1 aliphatic rings. The van der Waals surface area contributed by atoms with Crippen molar-refractivity contribution in [3.05, 3.63) is 21.3 Å². The van der Waals surface area contributed by atoms with E-state index < -0.39 is 0 Å². The zero-order chi connectivity index (χ0) is 13.8. The van der Waals surface area contributed by atoms with Crippen molar-refractivity contribution in [1.82, 2.24) is 4.90 Å². The lowest BCUT2D eigenvalue weighted by molar-refractivity contribution is -0.136. The summed E-state index contributed by atoms with van der Waals surface area (Å²) in [4.78, 5) is 15.3. The third-order valence-electron chi connectivity index (χ3n) is 3.93. The summed E-state index contributed by atoms with van der Waals surface area (Å²) in [6.07, 6.45) is 4.14. The highest BCUT2D eigenvalue weighted by molar-refractivity contribution is 7.16. The first kappa shape index (κ1) is 14.8. The van der Waals surface area contributed by atoms with Gasteiger partial charge in [-0.2, -0.15) is 0 Å². The molecular weight excluding hydrogens is 280 g/mol. The average molecular weight is 301 g/mol. The first-order valence-corrected chi connectivity index (χ1v) is 7.99. The molecule has 1 aliphatic carbocycles. The molecule has 19 heavy (non-hydrogen) atoms. The molecule has 2 rings (SSSR count). The standard InChI is InChI=1S/C14H21ClN2OS/c1-17(9-12-6-7-13(15)19-12)14(18)11-4-2-10(8-16)3-5-11/h6-7,10-11H,2-5,8-9,16H2,1H3. The van der Waals surface area contributed by atoms with E-state index in [9.17, 15) is 4.79 Å². The molecule has 1 saturated carbocycles. The van der Waals surface area contributed by atoms with Gasteiger partial charge >= 0.3 is 0 Å². The van der Waals surface area contributed by atoms with Gasteiger partial charge in [0.1, 0.15) is 0 Å². The second-order valence-corrected chi connectivity index (χ2v) is 7.15. The van der Waals surface area contributed by atoms with Crippen LogP contribution in [0.2, 0.25) is 4.34 Å². The second-order valence-electron chi connectivity index (χ2n) is 5.35. The van der Waals surface area contributed by atoms with E-state index in [4.69, 9.17) is 17.3 Å².